The first-order valence-corrected chi connectivity index (χ1v) is 5.02. The summed E-state index contributed by atoms with van der Waals surface area (Å²) in [7, 11) is 1.45. The fourth-order valence-corrected chi connectivity index (χ4v) is 1.73. The third-order valence-electron chi connectivity index (χ3n) is 2.88. The molecule has 3 N–H and O–H groups in total. The molecular formula is C11H15FN2O. The van der Waals surface area contributed by atoms with Gasteiger partial charge in [0.1, 0.15) is 0 Å². The Morgan fingerprint density at radius 1 is 1.53 bits per heavy atom. The molecule has 0 aromatic heterocycles. The molecule has 1 heterocycles. The highest BCUT2D eigenvalue weighted by atomic mass is 19.1. The van der Waals surface area contributed by atoms with Gasteiger partial charge in [0.05, 0.1) is 7.11 Å². The van der Waals surface area contributed by atoms with Crippen molar-refractivity contribution in [2.75, 3.05) is 20.2 Å². The van der Waals surface area contributed by atoms with E-state index < -0.39 is 0 Å². The van der Waals surface area contributed by atoms with Crippen LogP contribution in [0.5, 0.6) is 5.75 Å². The topological polar surface area (TPSA) is 47.3 Å². The maximum atomic E-state index is 13.4. The van der Waals surface area contributed by atoms with Gasteiger partial charge in [-0.3, -0.25) is 0 Å². The van der Waals surface area contributed by atoms with Crippen LogP contribution in [0.4, 0.5) is 4.39 Å². The van der Waals surface area contributed by atoms with Crippen LogP contribution >= 0.6 is 0 Å². The molecule has 4 heteroatoms. The van der Waals surface area contributed by atoms with E-state index in [1.807, 2.05) is 6.07 Å². The Morgan fingerprint density at radius 2 is 2.27 bits per heavy atom. The van der Waals surface area contributed by atoms with Gasteiger partial charge in [0, 0.05) is 25.0 Å². The van der Waals surface area contributed by atoms with E-state index >= 15 is 0 Å². The molecule has 82 valence electrons. The van der Waals surface area contributed by atoms with Gasteiger partial charge < -0.3 is 15.8 Å². The van der Waals surface area contributed by atoms with E-state index in [4.69, 9.17) is 10.5 Å². The van der Waals surface area contributed by atoms with Gasteiger partial charge in [-0.25, -0.2) is 4.39 Å². The van der Waals surface area contributed by atoms with Gasteiger partial charge in [0.15, 0.2) is 11.6 Å². The van der Waals surface area contributed by atoms with E-state index in [0.717, 1.165) is 18.7 Å². The van der Waals surface area contributed by atoms with Gasteiger partial charge in [-0.15, -0.1) is 0 Å². The lowest BCUT2D eigenvalue weighted by Crippen LogP contribution is -2.47. The molecule has 0 amide bonds. The SMILES string of the molecule is COc1ccc(C(N)C2CNC2)cc1F. The molecule has 0 spiro atoms. The monoisotopic (exact) mass is 210 g/mol. The smallest absolute Gasteiger partial charge is 0.165 e. The molecule has 1 atom stereocenters. The summed E-state index contributed by atoms with van der Waals surface area (Å²) >= 11 is 0. The Labute approximate surface area is 88.4 Å². The van der Waals surface area contributed by atoms with Crippen LogP contribution in [0, 0.1) is 11.7 Å². The molecule has 1 fully saturated rings. The maximum Gasteiger partial charge on any atom is 0.165 e. The lowest BCUT2D eigenvalue weighted by atomic mass is 9.89. The number of rotatable bonds is 3. The number of benzene rings is 1. The number of nitrogens with two attached hydrogens (primary N) is 1. The highest BCUT2D eigenvalue weighted by Gasteiger charge is 2.25. The van der Waals surface area contributed by atoms with Gasteiger partial charge in [0.25, 0.3) is 0 Å². The zero-order valence-corrected chi connectivity index (χ0v) is 8.66. The second kappa shape index (κ2) is 4.16. The highest BCUT2D eigenvalue weighted by Crippen LogP contribution is 2.26. The van der Waals surface area contributed by atoms with Crippen molar-refractivity contribution in [3.63, 3.8) is 0 Å². The highest BCUT2D eigenvalue weighted by molar-refractivity contribution is 5.31. The second-order valence-corrected chi connectivity index (χ2v) is 3.84. The molecule has 1 aliphatic heterocycles. The Bertz CT molecular complexity index is 352. The van der Waals surface area contributed by atoms with Crippen molar-refractivity contribution >= 4 is 0 Å². The molecule has 1 aromatic rings. The van der Waals surface area contributed by atoms with Gasteiger partial charge in [-0.2, -0.15) is 0 Å². The molecule has 15 heavy (non-hydrogen) atoms. The van der Waals surface area contributed by atoms with Crippen LogP contribution in [0.25, 0.3) is 0 Å². The molecule has 2 rings (SSSR count). The summed E-state index contributed by atoms with van der Waals surface area (Å²) in [5.74, 6) is 0.327. The molecule has 3 nitrogen and oxygen atoms in total. The number of halogens is 1. The molecule has 1 saturated heterocycles. The lowest BCUT2D eigenvalue weighted by molar-refractivity contribution is 0.294. The summed E-state index contributed by atoms with van der Waals surface area (Å²) in [6.07, 6.45) is 0. The number of hydrogen-bond acceptors (Lipinski definition) is 3. The van der Waals surface area contributed by atoms with E-state index in [2.05, 4.69) is 5.32 Å². The van der Waals surface area contributed by atoms with Crippen LogP contribution in [0.3, 0.4) is 0 Å². The Hall–Kier alpha value is -1.13. The van der Waals surface area contributed by atoms with Gasteiger partial charge in [-0.1, -0.05) is 6.07 Å². The summed E-state index contributed by atoms with van der Waals surface area (Å²) in [5, 5.41) is 3.15. The van der Waals surface area contributed by atoms with Crippen molar-refractivity contribution in [1.29, 1.82) is 0 Å². The number of nitrogens with one attached hydrogen (secondary N) is 1. The minimum absolute atomic E-state index is 0.0911. The van der Waals surface area contributed by atoms with E-state index in [9.17, 15) is 4.39 Å². The van der Waals surface area contributed by atoms with Crippen molar-refractivity contribution in [3.05, 3.63) is 29.6 Å². The summed E-state index contributed by atoms with van der Waals surface area (Å²) in [6, 6.07) is 4.82. The summed E-state index contributed by atoms with van der Waals surface area (Å²) in [4.78, 5) is 0. The zero-order valence-electron chi connectivity index (χ0n) is 8.66. The van der Waals surface area contributed by atoms with Crippen molar-refractivity contribution in [1.82, 2.24) is 5.32 Å². The number of methoxy groups -OCH3 is 1. The minimum atomic E-state index is -0.349. The third kappa shape index (κ3) is 1.96. The fourth-order valence-electron chi connectivity index (χ4n) is 1.73. The predicted octanol–water partition coefficient (Wildman–Crippen LogP) is 1.05. The van der Waals surface area contributed by atoms with Crippen molar-refractivity contribution < 1.29 is 9.13 Å². The lowest BCUT2D eigenvalue weighted by Gasteiger charge is -2.32. The molecule has 0 aliphatic carbocycles. The molecular weight excluding hydrogens is 195 g/mol. The van der Waals surface area contributed by atoms with Crippen LogP contribution in [-0.2, 0) is 0 Å². The number of ether oxygens (including phenoxy) is 1. The van der Waals surface area contributed by atoms with Crippen molar-refractivity contribution in [2.24, 2.45) is 11.7 Å². The molecule has 0 radical (unpaired) electrons. The number of hydrogen-bond donors (Lipinski definition) is 2. The van der Waals surface area contributed by atoms with E-state index in [0.29, 0.717) is 5.92 Å². The van der Waals surface area contributed by atoms with Gasteiger partial charge in [-0.05, 0) is 17.7 Å². The Balaban J connectivity index is 2.17. The fraction of sp³-hybridized carbons (Fsp3) is 0.455. The van der Waals surface area contributed by atoms with E-state index in [1.165, 1.54) is 13.2 Å². The van der Waals surface area contributed by atoms with Gasteiger partial charge in [0.2, 0.25) is 0 Å². The molecule has 1 unspecified atom stereocenters. The second-order valence-electron chi connectivity index (χ2n) is 3.84. The molecule has 0 saturated carbocycles. The van der Waals surface area contributed by atoms with Crippen LogP contribution in [0.15, 0.2) is 18.2 Å². The summed E-state index contributed by atoms with van der Waals surface area (Å²) in [5.41, 5.74) is 6.85. The Morgan fingerprint density at radius 3 is 2.73 bits per heavy atom. The summed E-state index contributed by atoms with van der Waals surface area (Å²) in [6.45, 7) is 1.82. The quantitative estimate of drug-likeness (QED) is 0.784. The van der Waals surface area contributed by atoms with Crippen LogP contribution in [-0.4, -0.2) is 20.2 Å². The van der Waals surface area contributed by atoms with Crippen LogP contribution in [0.1, 0.15) is 11.6 Å². The van der Waals surface area contributed by atoms with Crippen LogP contribution < -0.4 is 15.8 Å². The normalized spacial score (nSPS) is 18.3. The zero-order chi connectivity index (χ0) is 10.8. The standard InChI is InChI=1S/C11H15FN2O/c1-15-10-3-2-7(4-9(10)12)11(13)8-5-14-6-8/h2-4,8,11,14H,5-6,13H2,1H3. The van der Waals surface area contributed by atoms with Gasteiger partial charge >= 0.3 is 0 Å². The van der Waals surface area contributed by atoms with E-state index in [-0.39, 0.29) is 17.6 Å². The maximum absolute atomic E-state index is 13.4. The summed E-state index contributed by atoms with van der Waals surface area (Å²) < 4.78 is 18.3. The van der Waals surface area contributed by atoms with Crippen molar-refractivity contribution in [2.45, 2.75) is 6.04 Å². The average molecular weight is 210 g/mol. The Kier molecular flexibility index (Phi) is 2.88. The molecule has 0 bridgehead atoms. The van der Waals surface area contributed by atoms with Crippen LogP contribution in [0.2, 0.25) is 0 Å². The third-order valence-corrected chi connectivity index (χ3v) is 2.88. The first kappa shape index (κ1) is 10.4. The first-order valence-electron chi connectivity index (χ1n) is 5.02. The largest absolute Gasteiger partial charge is 0.494 e. The predicted molar refractivity (Wildman–Crippen MR) is 56.2 cm³/mol. The van der Waals surface area contributed by atoms with Crippen molar-refractivity contribution in [3.8, 4) is 5.75 Å². The first-order chi connectivity index (χ1) is 7.22. The molecule has 1 aromatic carbocycles. The average Bonchev–Trinajstić information content (AvgIpc) is 2.15. The van der Waals surface area contributed by atoms with E-state index in [1.54, 1.807) is 6.07 Å². The minimum Gasteiger partial charge on any atom is -0.494 e. The molecule has 1 aliphatic rings.